The Morgan fingerprint density at radius 2 is 1.77 bits per heavy atom. The molecule has 0 radical (unpaired) electrons. The van der Waals surface area contributed by atoms with Crippen molar-refractivity contribution in [1.82, 2.24) is 25.1 Å². The quantitative estimate of drug-likeness (QED) is 0.484. The molecule has 1 fully saturated rings. The minimum Gasteiger partial charge on any atom is -0.383 e. The van der Waals surface area contributed by atoms with Gasteiger partial charge in [-0.15, -0.1) is 0 Å². The number of likely N-dealkylation sites (N-methyl/N-ethyl adjacent to an activating group) is 1. The Bertz CT molecular complexity index is 1160. The number of para-hydroxylation sites is 1. The highest BCUT2D eigenvalue weighted by Crippen LogP contribution is 2.30. The van der Waals surface area contributed by atoms with Crippen molar-refractivity contribution < 1.29 is 0 Å². The maximum Gasteiger partial charge on any atom is 0.229 e. The van der Waals surface area contributed by atoms with Gasteiger partial charge in [0.15, 0.2) is 0 Å². The fraction of sp³-hybridized carbons (Fsp3) is 0.227. The molecule has 30 heavy (non-hydrogen) atoms. The number of nitrogen functional groups attached to an aromatic ring is 1. The van der Waals surface area contributed by atoms with E-state index >= 15 is 0 Å². The van der Waals surface area contributed by atoms with Gasteiger partial charge in [0, 0.05) is 49.1 Å². The van der Waals surface area contributed by atoms with Gasteiger partial charge in [-0.1, -0.05) is 18.2 Å². The maximum atomic E-state index is 6.23. The van der Waals surface area contributed by atoms with Gasteiger partial charge in [0.2, 0.25) is 5.95 Å². The zero-order valence-corrected chi connectivity index (χ0v) is 16.8. The van der Waals surface area contributed by atoms with E-state index in [0.717, 1.165) is 48.5 Å². The molecular weight excluding hydrogens is 376 g/mol. The summed E-state index contributed by atoms with van der Waals surface area (Å²) in [4.78, 5) is 13.6. The Hall–Kier alpha value is -3.65. The minimum atomic E-state index is 0.388. The van der Waals surface area contributed by atoms with Gasteiger partial charge in [-0.3, -0.25) is 5.10 Å². The van der Waals surface area contributed by atoms with E-state index in [0.29, 0.717) is 17.3 Å². The number of rotatable bonds is 4. The van der Waals surface area contributed by atoms with E-state index in [4.69, 9.17) is 5.73 Å². The lowest BCUT2D eigenvalue weighted by molar-refractivity contribution is 0.313. The summed E-state index contributed by atoms with van der Waals surface area (Å²) in [5.41, 5.74) is 10.8. The highest BCUT2D eigenvalue weighted by Gasteiger charge is 2.15. The van der Waals surface area contributed by atoms with Crippen molar-refractivity contribution in [2.45, 2.75) is 0 Å². The molecule has 152 valence electrons. The topological polar surface area (TPSA) is 99.0 Å². The van der Waals surface area contributed by atoms with Crippen LogP contribution in [0.25, 0.3) is 22.2 Å². The zero-order valence-electron chi connectivity index (χ0n) is 16.8. The van der Waals surface area contributed by atoms with E-state index in [1.165, 1.54) is 5.69 Å². The Morgan fingerprint density at radius 1 is 1.00 bits per heavy atom. The lowest BCUT2D eigenvalue weighted by atomic mass is 10.1. The summed E-state index contributed by atoms with van der Waals surface area (Å²) in [5.74, 6) is 0.849. The predicted molar refractivity (Wildman–Crippen MR) is 121 cm³/mol. The number of benzene rings is 2. The number of fused-ring (bicyclic) bond motifs is 1. The lowest BCUT2D eigenvalue weighted by Gasteiger charge is -2.34. The third-order valence-corrected chi connectivity index (χ3v) is 5.54. The average Bonchev–Trinajstić information content (AvgIpc) is 3.19. The van der Waals surface area contributed by atoms with Gasteiger partial charge in [0.05, 0.1) is 11.1 Å². The molecular formula is C22H24N8. The number of hydrogen-bond donors (Lipinski definition) is 3. The fourth-order valence-electron chi connectivity index (χ4n) is 3.76. The standard InChI is InChI=1S/C22H24N8/c1-29-10-12-30(13-11-29)16-8-6-15(7-9-16)25-22-24-14-18(21(23)26-22)20-17-4-2-3-5-19(17)27-28-20/h2-9,14H,10-13H2,1H3,(H,27,28)(H3,23,24,25,26). The molecule has 8 heteroatoms. The summed E-state index contributed by atoms with van der Waals surface area (Å²) in [6.45, 7) is 4.27. The van der Waals surface area contributed by atoms with Crippen LogP contribution < -0.4 is 16.0 Å². The number of hydrogen-bond acceptors (Lipinski definition) is 7. The third-order valence-electron chi connectivity index (χ3n) is 5.54. The monoisotopic (exact) mass is 400 g/mol. The summed E-state index contributed by atoms with van der Waals surface area (Å²) < 4.78 is 0. The Labute approximate surface area is 174 Å². The van der Waals surface area contributed by atoms with E-state index in [1.54, 1.807) is 6.20 Å². The van der Waals surface area contributed by atoms with Crippen molar-refractivity contribution in [3.05, 3.63) is 54.7 Å². The normalized spacial score (nSPS) is 14.9. The molecule has 1 aliphatic heterocycles. The van der Waals surface area contributed by atoms with Crippen LogP contribution in [0.1, 0.15) is 0 Å². The number of anilines is 4. The molecule has 5 rings (SSSR count). The van der Waals surface area contributed by atoms with Crippen LogP contribution >= 0.6 is 0 Å². The molecule has 1 aliphatic rings. The van der Waals surface area contributed by atoms with Crippen LogP contribution in [0.3, 0.4) is 0 Å². The summed E-state index contributed by atoms with van der Waals surface area (Å²) in [6.07, 6.45) is 1.71. The second-order valence-electron chi connectivity index (χ2n) is 7.57. The van der Waals surface area contributed by atoms with Crippen LogP contribution in [0, 0.1) is 0 Å². The molecule has 4 N–H and O–H groups in total. The molecule has 0 unspecified atom stereocenters. The summed E-state index contributed by atoms with van der Waals surface area (Å²) >= 11 is 0. The first-order valence-electron chi connectivity index (χ1n) is 10.0. The van der Waals surface area contributed by atoms with Crippen LogP contribution in [-0.2, 0) is 0 Å². The fourth-order valence-corrected chi connectivity index (χ4v) is 3.76. The second kappa shape index (κ2) is 7.64. The lowest BCUT2D eigenvalue weighted by Crippen LogP contribution is -2.44. The summed E-state index contributed by atoms with van der Waals surface area (Å²) in [5, 5.41) is 11.6. The molecule has 0 spiro atoms. The van der Waals surface area contributed by atoms with Gasteiger partial charge >= 0.3 is 0 Å². The molecule has 1 saturated heterocycles. The molecule has 2 aromatic carbocycles. The van der Waals surface area contributed by atoms with Gasteiger partial charge in [-0.05, 0) is 37.4 Å². The van der Waals surface area contributed by atoms with Crippen LogP contribution in [0.2, 0.25) is 0 Å². The van der Waals surface area contributed by atoms with Crippen molar-refractivity contribution in [1.29, 1.82) is 0 Å². The first kappa shape index (κ1) is 18.4. The summed E-state index contributed by atoms with van der Waals surface area (Å²) in [6, 6.07) is 16.3. The molecule has 0 bridgehead atoms. The van der Waals surface area contributed by atoms with E-state index in [-0.39, 0.29) is 0 Å². The number of nitrogens with one attached hydrogen (secondary N) is 2. The summed E-state index contributed by atoms with van der Waals surface area (Å²) in [7, 11) is 2.16. The van der Waals surface area contributed by atoms with Crippen molar-refractivity contribution in [2.24, 2.45) is 0 Å². The number of nitrogens with two attached hydrogens (primary N) is 1. The van der Waals surface area contributed by atoms with Crippen LogP contribution in [-0.4, -0.2) is 58.3 Å². The van der Waals surface area contributed by atoms with Gasteiger partial charge < -0.3 is 20.9 Å². The van der Waals surface area contributed by atoms with E-state index in [2.05, 4.69) is 54.5 Å². The zero-order chi connectivity index (χ0) is 20.5. The van der Waals surface area contributed by atoms with Crippen LogP contribution in [0.5, 0.6) is 0 Å². The molecule has 0 atom stereocenters. The van der Waals surface area contributed by atoms with Gasteiger partial charge in [-0.2, -0.15) is 10.1 Å². The minimum absolute atomic E-state index is 0.388. The Balaban J connectivity index is 1.33. The van der Waals surface area contributed by atoms with Crippen molar-refractivity contribution >= 4 is 34.0 Å². The van der Waals surface area contributed by atoms with Gasteiger partial charge in [-0.25, -0.2) is 4.98 Å². The SMILES string of the molecule is CN1CCN(c2ccc(Nc3ncc(-c4n[nH]c5ccccc45)c(N)n3)cc2)CC1. The average molecular weight is 400 g/mol. The number of nitrogens with zero attached hydrogens (tertiary/aromatic N) is 5. The third kappa shape index (κ3) is 3.53. The first-order valence-corrected chi connectivity index (χ1v) is 10.0. The molecule has 0 aliphatic carbocycles. The molecule has 8 nitrogen and oxygen atoms in total. The van der Waals surface area contributed by atoms with Crippen molar-refractivity contribution in [3.8, 4) is 11.3 Å². The van der Waals surface area contributed by atoms with Crippen molar-refractivity contribution in [2.75, 3.05) is 49.2 Å². The Morgan fingerprint density at radius 3 is 2.53 bits per heavy atom. The highest BCUT2D eigenvalue weighted by molar-refractivity contribution is 5.95. The second-order valence-corrected chi connectivity index (χ2v) is 7.57. The Kier molecular flexibility index (Phi) is 4.68. The molecule has 3 heterocycles. The van der Waals surface area contributed by atoms with Crippen LogP contribution in [0.15, 0.2) is 54.7 Å². The number of H-pyrrole nitrogens is 1. The predicted octanol–water partition coefficient (Wildman–Crippen LogP) is 3.10. The molecule has 4 aromatic rings. The molecule has 0 amide bonds. The highest BCUT2D eigenvalue weighted by atomic mass is 15.2. The smallest absolute Gasteiger partial charge is 0.229 e. The number of piperazine rings is 1. The number of aromatic nitrogens is 4. The first-order chi connectivity index (χ1) is 14.7. The van der Waals surface area contributed by atoms with E-state index in [1.807, 2.05) is 36.4 Å². The largest absolute Gasteiger partial charge is 0.383 e. The molecule has 0 saturated carbocycles. The van der Waals surface area contributed by atoms with Gasteiger partial charge in [0.1, 0.15) is 11.5 Å². The maximum absolute atomic E-state index is 6.23. The van der Waals surface area contributed by atoms with Crippen LogP contribution in [0.4, 0.5) is 23.1 Å². The van der Waals surface area contributed by atoms with Gasteiger partial charge in [0.25, 0.3) is 0 Å². The van der Waals surface area contributed by atoms with E-state index < -0.39 is 0 Å². The van der Waals surface area contributed by atoms with Crippen molar-refractivity contribution in [3.63, 3.8) is 0 Å². The number of aromatic amines is 1. The van der Waals surface area contributed by atoms with E-state index in [9.17, 15) is 0 Å². The molecule has 2 aromatic heterocycles.